The molecule has 0 amide bonds. The average molecular weight is 204 g/mol. The molecule has 15 heavy (non-hydrogen) atoms. The van der Waals surface area contributed by atoms with E-state index < -0.39 is 0 Å². The lowest BCUT2D eigenvalue weighted by molar-refractivity contribution is 1.23. The normalized spacial score (nSPS) is 9.67. The molecule has 2 aromatic rings. The van der Waals surface area contributed by atoms with E-state index in [1.807, 2.05) is 18.6 Å². The van der Waals surface area contributed by atoms with Gasteiger partial charge in [0.1, 0.15) is 0 Å². The first kappa shape index (κ1) is 11.6. The van der Waals surface area contributed by atoms with Gasteiger partial charge in [-0.15, -0.1) is 0 Å². The van der Waals surface area contributed by atoms with Crippen LogP contribution in [0.2, 0.25) is 0 Å². The molecule has 0 aliphatic heterocycles. The van der Waals surface area contributed by atoms with Crippen LogP contribution < -0.4 is 0 Å². The maximum Gasteiger partial charge on any atom is 0.0148 e. The van der Waals surface area contributed by atoms with Crippen LogP contribution in [0, 0.1) is 34.6 Å². The maximum atomic E-state index is 3.14. The Morgan fingerprint density at radius 2 is 1.27 bits per heavy atom. The van der Waals surface area contributed by atoms with Crippen molar-refractivity contribution in [3.63, 3.8) is 0 Å². The van der Waals surface area contributed by atoms with Gasteiger partial charge in [0.15, 0.2) is 0 Å². The molecule has 2 heteroatoms. The molecular weight excluding hydrogens is 184 g/mol. The Morgan fingerprint density at radius 3 is 1.40 bits per heavy atom. The fourth-order valence-corrected chi connectivity index (χ4v) is 1.25. The van der Waals surface area contributed by atoms with E-state index in [0.29, 0.717) is 0 Å². The van der Waals surface area contributed by atoms with Gasteiger partial charge < -0.3 is 9.97 Å². The summed E-state index contributed by atoms with van der Waals surface area (Å²) in [6, 6.07) is 0. The number of nitrogens with one attached hydrogen (secondary N) is 2. The second-order valence-electron chi connectivity index (χ2n) is 4.04. The molecule has 0 bridgehead atoms. The molecule has 0 aromatic carbocycles. The summed E-state index contributed by atoms with van der Waals surface area (Å²) in [6.07, 6.45) is 6.02. The van der Waals surface area contributed by atoms with Crippen LogP contribution in [-0.2, 0) is 0 Å². The molecule has 82 valence electrons. The zero-order valence-electron chi connectivity index (χ0n) is 10.2. The molecule has 0 saturated carbocycles. The highest BCUT2D eigenvalue weighted by Crippen LogP contribution is 2.08. The van der Waals surface area contributed by atoms with Crippen molar-refractivity contribution in [3.05, 3.63) is 46.5 Å². The molecule has 2 N–H and O–H groups in total. The third kappa shape index (κ3) is 3.01. The van der Waals surface area contributed by atoms with E-state index >= 15 is 0 Å². The van der Waals surface area contributed by atoms with E-state index in [9.17, 15) is 0 Å². The lowest BCUT2D eigenvalue weighted by Gasteiger charge is -1.86. The first-order chi connectivity index (χ1) is 7.02. The van der Waals surface area contributed by atoms with E-state index in [4.69, 9.17) is 0 Å². The van der Waals surface area contributed by atoms with Crippen molar-refractivity contribution in [2.45, 2.75) is 34.6 Å². The van der Waals surface area contributed by atoms with Crippen molar-refractivity contribution >= 4 is 0 Å². The van der Waals surface area contributed by atoms with Gasteiger partial charge in [-0.05, 0) is 56.9 Å². The highest BCUT2D eigenvalue weighted by molar-refractivity contribution is 5.26. The quantitative estimate of drug-likeness (QED) is 0.657. The van der Waals surface area contributed by atoms with E-state index in [-0.39, 0.29) is 0 Å². The number of H-pyrrole nitrogens is 2. The van der Waals surface area contributed by atoms with Gasteiger partial charge in [-0.1, -0.05) is 0 Å². The lowest BCUT2D eigenvalue weighted by Crippen LogP contribution is -1.73. The number of aryl methyl sites for hydroxylation is 4. The van der Waals surface area contributed by atoms with Crippen molar-refractivity contribution in [1.82, 2.24) is 9.97 Å². The van der Waals surface area contributed by atoms with Crippen LogP contribution in [0.5, 0.6) is 0 Å². The Labute approximate surface area is 91.7 Å². The first-order valence-electron chi connectivity index (χ1n) is 5.23. The Morgan fingerprint density at radius 1 is 0.733 bits per heavy atom. The van der Waals surface area contributed by atoms with Crippen molar-refractivity contribution in [2.24, 2.45) is 0 Å². The third-order valence-electron chi connectivity index (χ3n) is 2.88. The number of hydrogen-bond donors (Lipinski definition) is 2. The van der Waals surface area contributed by atoms with Gasteiger partial charge >= 0.3 is 0 Å². The van der Waals surface area contributed by atoms with Crippen LogP contribution in [0.1, 0.15) is 27.9 Å². The van der Waals surface area contributed by atoms with Crippen LogP contribution in [0.15, 0.2) is 18.6 Å². The topological polar surface area (TPSA) is 31.6 Å². The van der Waals surface area contributed by atoms with Crippen LogP contribution in [0.3, 0.4) is 0 Å². The van der Waals surface area contributed by atoms with Gasteiger partial charge in [-0.25, -0.2) is 0 Å². The molecule has 2 aromatic heterocycles. The summed E-state index contributed by atoms with van der Waals surface area (Å²) in [5, 5.41) is 0. The van der Waals surface area contributed by atoms with E-state index in [0.717, 1.165) is 0 Å². The minimum Gasteiger partial charge on any atom is -0.367 e. The first-order valence-corrected chi connectivity index (χ1v) is 5.23. The summed E-state index contributed by atoms with van der Waals surface area (Å²) in [7, 11) is 0. The van der Waals surface area contributed by atoms with Crippen molar-refractivity contribution in [2.75, 3.05) is 0 Å². The van der Waals surface area contributed by atoms with Crippen LogP contribution in [0.4, 0.5) is 0 Å². The van der Waals surface area contributed by atoms with Crippen LogP contribution in [-0.4, -0.2) is 9.97 Å². The monoisotopic (exact) mass is 204 g/mol. The molecule has 0 atom stereocenters. The van der Waals surface area contributed by atoms with Gasteiger partial charge in [-0.2, -0.15) is 0 Å². The molecule has 2 heterocycles. The maximum absolute atomic E-state index is 3.14. The molecule has 0 radical (unpaired) electrons. The SMILES string of the molecule is Cc1c[nH]c(C)c1C.Cc1c[nH]cc1C. The standard InChI is InChI=1S/C7H11N.C6H9N/c1-5-4-8-7(3)6(5)2;1-5-3-7-4-6(5)2/h4,8H,1-3H3;3-4,7H,1-2H3. The van der Waals surface area contributed by atoms with Gasteiger partial charge in [0.25, 0.3) is 0 Å². The molecular formula is C13H20N2. The molecule has 0 saturated heterocycles. The minimum atomic E-state index is 1.28. The summed E-state index contributed by atoms with van der Waals surface area (Å²) in [6.45, 7) is 10.5. The summed E-state index contributed by atoms with van der Waals surface area (Å²) < 4.78 is 0. The number of aromatic amines is 2. The molecule has 0 unspecified atom stereocenters. The average Bonchev–Trinajstić information content (AvgIpc) is 2.70. The molecule has 0 aliphatic carbocycles. The Balaban J connectivity index is 0.000000151. The van der Waals surface area contributed by atoms with Gasteiger partial charge in [0.2, 0.25) is 0 Å². The zero-order valence-corrected chi connectivity index (χ0v) is 10.2. The highest BCUT2D eigenvalue weighted by atomic mass is 14.7. The Kier molecular flexibility index (Phi) is 3.78. The highest BCUT2D eigenvalue weighted by Gasteiger charge is 1.94. The number of rotatable bonds is 0. The van der Waals surface area contributed by atoms with E-state index in [1.54, 1.807) is 0 Å². The smallest absolute Gasteiger partial charge is 0.0148 e. The van der Waals surface area contributed by atoms with Crippen LogP contribution in [0.25, 0.3) is 0 Å². The second kappa shape index (κ2) is 4.87. The Bertz CT molecular complexity index is 385. The number of hydrogen-bond acceptors (Lipinski definition) is 0. The molecule has 2 nitrogen and oxygen atoms in total. The number of aromatic nitrogens is 2. The van der Waals surface area contributed by atoms with Crippen molar-refractivity contribution in [3.8, 4) is 0 Å². The zero-order chi connectivity index (χ0) is 11.4. The summed E-state index contributed by atoms with van der Waals surface area (Å²) in [5.41, 5.74) is 6.68. The molecule has 0 aliphatic rings. The largest absolute Gasteiger partial charge is 0.367 e. The van der Waals surface area contributed by atoms with Gasteiger partial charge in [0.05, 0.1) is 0 Å². The van der Waals surface area contributed by atoms with Crippen molar-refractivity contribution in [1.29, 1.82) is 0 Å². The van der Waals surface area contributed by atoms with Crippen molar-refractivity contribution < 1.29 is 0 Å². The fourth-order valence-electron chi connectivity index (χ4n) is 1.25. The predicted octanol–water partition coefficient (Wildman–Crippen LogP) is 3.57. The minimum absolute atomic E-state index is 1.28. The second-order valence-corrected chi connectivity index (χ2v) is 4.04. The fraction of sp³-hybridized carbons (Fsp3) is 0.385. The van der Waals surface area contributed by atoms with E-state index in [1.165, 1.54) is 27.9 Å². The Hall–Kier alpha value is -1.44. The third-order valence-corrected chi connectivity index (χ3v) is 2.88. The summed E-state index contributed by atoms with van der Waals surface area (Å²) in [4.78, 5) is 6.13. The lowest BCUT2D eigenvalue weighted by atomic mass is 10.2. The molecule has 0 spiro atoms. The van der Waals surface area contributed by atoms with E-state index in [2.05, 4.69) is 44.6 Å². The molecule has 2 rings (SSSR count). The summed E-state index contributed by atoms with van der Waals surface area (Å²) >= 11 is 0. The van der Waals surface area contributed by atoms with Gasteiger partial charge in [0, 0.05) is 24.3 Å². The molecule has 0 fully saturated rings. The van der Waals surface area contributed by atoms with Crippen LogP contribution >= 0.6 is 0 Å². The predicted molar refractivity (Wildman–Crippen MR) is 65.3 cm³/mol. The summed E-state index contributed by atoms with van der Waals surface area (Å²) in [5.74, 6) is 0. The van der Waals surface area contributed by atoms with Gasteiger partial charge in [-0.3, -0.25) is 0 Å².